The lowest BCUT2D eigenvalue weighted by Gasteiger charge is -2.12. The van der Waals surface area contributed by atoms with Crippen LogP contribution in [0, 0.1) is 24.6 Å². The van der Waals surface area contributed by atoms with Gasteiger partial charge in [0.2, 0.25) is 5.91 Å². The van der Waals surface area contributed by atoms with Crippen molar-refractivity contribution in [3.8, 4) is 0 Å². The monoisotopic (exact) mass is 387 g/mol. The number of hydrogen-bond acceptors (Lipinski definition) is 4. The summed E-state index contributed by atoms with van der Waals surface area (Å²) in [7, 11) is 0. The minimum atomic E-state index is -0.303. The molecule has 0 bridgehead atoms. The maximum atomic E-state index is 13.0. The average Bonchev–Trinajstić information content (AvgIpc) is 3.29. The summed E-state index contributed by atoms with van der Waals surface area (Å²) in [5, 5.41) is 3.45. The van der Waals surface area contributed by atoms with Gasteiger partial charge in [-0.1, -0.05) is 36.3 Å². The van der Waals surface area contributed by atoms with Crippen LogP contribution in [0.2, 0.25) is 0 Å². The number of hydrogen-bond donors (Lipinski definition) is 1. The molecule has 2 heterocycles. The molecule has 1 aliphatic heterocycles. The van der Waals surface area contributed by atoms with Crippen molar-refractivity contribution in [3.63, 3.8) is 0 Å². The average molecular weight is 387 g/mol. The molecular weight excluding hydrogens is 365 g/mol. The Hall–Kier alpha value is -2.28. The van der Waals surface area contributed by atoms with Gasteiger partial charge in [0, 0.05) is 19.0 Å². The van der Waals surface area contributed by atoms with Crippen LogP contribution in [0.4, 0.5) is 9.52 Å². The first-order valence-corrected chi connectivity index (χ1v) is 10.1. The number of rotatable bonds is 6. The van der Waals surface area contributed by atoms with E-state index in [1.807, 2.05) is 0 Å². The van der Waals surface area contributed by atoms with Gasteiger partial charge >= 0.3 is 0 Å². The van der Waals surface area contributed by atoms with E-state index in [1.165, 1.54) is 36.3 Å². The lowest BCUT2D eigenvalue weighted by atomic mass is 10.0. The summed E-state index contributed by atoms with van der Waals surface area (Å²) in [4.78, 5) is 31.9. The summed E-state index contributed by atoms with van der Waals surface area (Å²) in [5.41, 5.74) is 1.45. The van der Waals surface area contributed by atoms with Crippen LogP contribution in [0.25, 0.3) is 0 Å². The fraction of sp³-hybridized carbons (Fsp3) is 0.450. The summed E-state index contributed by atoms with van der Waals surface area (Å²) in [6, 6.07) is 6.02. The van der Waals surface area contributed by atoms with E-state index in [0.29, 0.717) is 28.8 Å². The zero-order valence-electron chi connectivity index (χ0n) is 15.2. The third-order valence-corrected chi connectivity index (χ3v) is 6.40. The molecule has 1 N–H and O–H groups in total. The van der Waals surface area contributed by atoms with E-state index in [1.54, 1.807) is 24.0 Å². The van der Waals surface area contributed by atoms with Gasteiger partial charge in [0.1, 0.15) is 10.7 Å². The van der Waals surface area contributed by atoms with Crippen LogP contribution >= 0.6 is 11.3 Å². The van der Waals surface area contributed by atoms with Crippen LogP contribution in [-0.2, 0) is 11.3 Å². The fourth-order valence-electron chi connectivity index (χ4n) is 3.48. The molecule has 2 aromatic rings. The van der Waals surface area contributed by atoms with Crippen molar-refractivity contribution in [1.82, 2.24) is 10.3 Å². The summed E-state index contributed by atoms with van der Waals surface area (Å²) in [6.07, 6.45) is 4.36. The standard InChI is InChI=1S/C20H22FN3O2S/c1-12-17(18(25)22-11-14-4-6-16(21)7-5-14)27-20(23-12)24-9-8-15(19(24)26)10-13-2-3-13/h4-7,13,15H,2-3,8-11H2,1H3,(H,22,25). The van der Waals surface area contributed by atoms with Crippen molar-refractivity contribution in [2.45, 2.75) is 39.2 Å². The Morgan fingerprint density at radius 1 is 1.30 bits per heavy atom. The lowest BCUT2D eigenvalue weighted by Crippen LogP contribution is -2.27. The molecule has 0 spiro atoms. The van der Waals surface area contributed by atoms with Crippen LogP contribution in [0.15, 0.2) is 24.3 Å². The van der Waals surface area contributed by atoms with Crippen LogP contribution in [-0.4, -0.2) is 23.3 Å². The Balaban J connectivity index is 1.40. The van der Waals surface area contributed by atoms with Crippen LogP contribution in [0.5, 0.6) is 0 Å². The maximum Gasteiger partial charge on any atom is 0.263 e. The Kier molecular flexibility index (Phi) is 4.95. The predicted octanol–water partition coefficient (Wildman–Crippen LogP) is 3.67. The van der Waals surface area contributed by atoms with Crippen molar-refractivity contribution in [1.29, 1.82) is 0 Å². The van der Waals surface area contributed by atoms with Gasteiger partial charge in [-0.2, -0.15) is 0 Å². The Morgan fingerprint density at radius 2 is 2.04 bits per heavy atom. The zero-order chi connectivity index (χ0) is 19.0. The molecule has 1 aliphatic carbocycles. The van der Waals surface area contributed by atoms with Gasteiger partial charge in [0.25, 0.3) is 5.91 Å². The van der Waals surface area contributed by atoms with Gasteiger partial charge < -0.3 is 5.32 Å². The van der Waals surface area contributed by atoms with Gasteiger partial charge in [-0.3, -0.25) is 14.5 Å². The van der Waals surface area contributed by atoms with Gasteiger partial charge in [-0.05, 0) is 43.4 Å². The molecule has 1 aromatic carbocycles. The van der Waals surface area contributed by atoms with E-state index in [-0.39, 0.29) is 23.5 Å². The highest BCUT2D eigenvalue weighted by atomic mass is 32.1. The van der Waals surface area contributed by atoms with Gasteiger partial charge in [0.15, 0.2) is 5.13 Å². The number of carbonyl (C=O) groups excluding carboxylic acids is 2. The zero-order valence-corrected chi connectivity index (χ0v) is 16.0. The summed E-state index contributed by atoms with van der Waals surface area (Å²) >= 11 is 1.26. The number of halogens is 1. The summed E-state index contributed by atoms with van der Waals surface area (Å²) in [6.45, 7) is 2.78. The van der Waals surface area contributed by atoms with E-state index >= 15 is 0 Å². The van der Waals surface area contributed by atoms with Crippen LogP contribution in [0.1, 0.15) is 46.6 Å². The molecule has 7 heteroatoms. The minimum absolute atomic E-state index is 0.109. The second-order valence-corrected chi connectivity index (χ2v) is 8.35. The third-order valence-electron chi connectivity index (χ3n) is 5.22. The fourth-order valence-corrected chi connectivity index (χ4v) is 4.49. The molecular formula is C20H22FN3O2S. The summed E-state index contributed by atoms with van der Waals surface area (Å²) in [5.74, 6) is 0.459. The molecule has 1 saturated carbocycles. The number of anilines is 1. The lowest BCUT2D eigenvalue weighted by molar-refractivity contribution is -0.120. The van der Waals surface area contributed by atoms with Gasteiger partial charge in [-0.15, -0.1) is 0 Å². The minimum Gasteiger partial charge on any atom is -0.347 e. The molecule has 27 heavy (non-hydrogen) atoms. The number of benzene rings is 1. The molecule has 1 aromatic heterocycles. The van der Waals surface area contributed by atoms with E-state index in [0.717, 1.165) is 24.3 Å². The molecule has 5 nitrogen and oxygen atoms in total. The molecule has 0 radical (unpaired) electrons. The summed E-state index contributed by atoms with van der Waals surface area (Å²) < 4.78 is 13.0. The molecule has 1 saturated heterocycles. The van der Waals surface area contributed by atoms with Gasteiger partial charge in [0.05, 0.1) is 5.69 Å². The predicted molar refractivity (Wildman–Crippen MR) is 102 cm³/mol. The van der Waals surface area contributed by atoms with E-state index < -0.39 is 0 Å². The number of thiazole rings is 1. The maximum absolute atomic E-state index is 13.0. The molecule has 1 atom stereocenters. The molecule has 2 amide bonds. The molecule has 2 fully saturated rings. The number of aromatic nitrogens is 1. The smallest absolute Gasteiger partial charge is 0.263 e. The number of nitrogens with zero attached hydrogens (tertiary/aromatic N) is 2. The quantitative estimate of drug-likeness (QED) is 0.823. The third kappa shape index (κ3) is 4.03. The number of nitrogens with one attached hydrogen (secondary N) is 1. The molecule has 2 aliphatic rings. The SMILES string of the molecule is Cc1nc(N2CCC(CC3CC3)C2=O)sc1C(=O)NCc1ccc(F)cc1. The first kappa shape index (κ1) is 18.1. The number of aryl methyl sites for hydroxylation is 1. The van der Waals surface area contributed by atoms with Crippen molar-refractivity contribution in [3.05, 3.63) is 46.2 Å². The van der Waals surface area contributed by atoms with Crippen LogP contribution < -0.4 is 10.2 Å². The first-order valence-electron chi connectivity index (χ1n) is 9.32. The Bertz CT molecular complexity index is 861. The van der Waals surface area contributed by atoms with Crippen molar-refractivity contribution < 1.29 is 14.0 Å². The molecule has 4 rings (SSSR count). The second-order valence-electron chi connectivity index (χ2n) is 7.37. The number of carbonyl (C=O) groups is 2. The van der Waals surface area contributed by atoms with Crippen molar-refractivity contribution >= 4 is 28.3 Å². The van der Waals surface area contributed by atoms with E-state index in [2.05, 4.69) is 10.3 Å². The Morgan fingerprint density at radius 3 is 2.74 bits per heavy atom. The van der Waals surface area contributed by atoms with Crippen molar-refractivity contribution in [2.24, 2.45) is 11.8 Å². The Labute approximate surface area is 161 Å². The first-order chi connectivity index (χ1) is 13.0. The van der Waals surface area contributed by atoms with Crippen LogP contribution in [0.3, 0.4) is 0 Å². The second kappa shape index (κ2) is 7.38. The topological polar surface area (TPSA) is 62.3 Å². The van der Waals surface area contributed by atoms with E-state index in [4.69, 9.17) is 0 Å². The highest BCUT2D eigenvalue weighted by molar-refractivity contribution is 7.17. The normalized spacial score (nSPS) is 19.6. The highest BCUT2D eigenvalue weighted by Gasteiger charge is 2.38. The van der Waals surface area contributed by atoms with Crippen molar-refractivity contribution in [2.75, 3.05) is 11.4 Å². The molecule has 142 valence electrons. The van der Waals surface area contributed by atoms with Gasteiger partial charge in [-0.25, -0.2) is 9.37 Å². The highest BCUT2D eigenvalue weighted by Crippen LogP contribution is 2.40. The number of amides is 2. The van der Waals surface area contributed by atoms with E-state index in [9.17, 15) is 14.0 Å². The molecule has 1 unspecified atom stereocenters. The largest absolute Gasteiger partial charge is 0.347 e.